The van der Waals surface area contributed by atoms with Gasteiger partial charge >= 0.3 is 0 Å². The molecule has 1 aromatic heterocycles. The normalized spacial score (nSPS) is 11.9. The third-order valence-electron chi connectivity index (χ3n) is 5.09. The zero-order valence-corrected chi connectivity index (χ0v) is 16.1. The molecule has 3 rings (SSSR count). The Balaban J connectivity index is 2.23. The van der Waals surface area contributed by atoms with Crippen LogP contribution in [0.25, 0.3) is 22.2 Å². The summed E-state index contributed by atoms with van der Waals surface area (Å²) in [5.74, 6) is -1.58. The van der Waals surface area contributed by atoms with Gasteiger partial charge in [0.1, 0.15) is 5.54 Å². The van der Waals surface area contributed by atoms with Crippen molar-refractivity contribution in [3.63, 3.8) is 0 Å². The summed E-state index contributed by atoms with van der Waals surface area (Å²) >= 11 is 0. The average Bonchev–Trinajstić information content (AvgIpc) is 3.13. The van der Waals surface area contributed by atoms with Gasteiger partial charge in [-0.3, -0.25) is 0 Å². The molecule has 0 fully saturated rings. The monoisotopic (exact) mass is 419 g/mol. The number of nitrogens with two attached hydrogens (primary N) is 1. The number of phenolic OH excluding ortho intramolecular Hbond substituents is 4. The van der Waals surface area contributed by atoms with Gasteiger partial charge in [0.2, 0.25) is 0 Å². The quantitative estimate of drug-likeness (QED) is 0.228. The Morgan fingerprint density at radius 2 is 1.50 bits per heavy atom. The van der Waals surface area contributed by atoms with Crippen molar-refractivity contribution in [2.75, 3.05) is 31.7 Å². The van der Waals surface area contributed by atoms with Gasteiger partial charge in [0.25, 0.3) is 0 Å². The van der Waals surface area contributed by atoms with Crippen molar-refractivity contribution in [3.8, 4) is 34.3 Å². The van der Waals surface area contributed by atoms with Crippen LogP contribution in [0.1, 0.15) is 5.56 Å². The molecule has 0 aliphatic heterocycles. The number of aliphatic hydroxyl groups excluding tert-OH is 3. The SMILES string of the molecule is NCCc1c(-c2cc3cc(O)c(O)cc3[nH]2)cc(O)c(O)c1NC(CO)(CO)CO. The average molecular weight is 419 g/mol. The summed E-state index contributed by atoms with van der Waals surface area (Å²) in [6.45, 7) is -1.75. The van der Waals surface area contributed by atoms with Crippen LogP contribution >= 0.6 is 0 Å². The summed E-state index contributed by atoms with van der Waals surface area (Å²) in [5, 5.41) is 72.5. The minimum Gasteiger partial charge on any atom is -0.504 e. The second-order valence-electron chi connectivity index (χ2n) is 7.17. The third kappa shape index (κ3) is 3.68. The first-order chi connectivity index (χ1) is 14.3. The van der Waals surface area contributed by atoms with Crippen LogP contribution in [0, 0.1) is 0 Å². The van der Waals surface area contributed by atoms with Crippen molar-refractivity contribution >= 4 is 16.6 Å². The molecule has 162 valence electrons. The van der Waals surface area contributed by atoms with Gasteiger partial charge in [-0.25, -0.2) is 0 Å². The molecule has 0 unspecified atom stereocenters. The second-order valence-corrected chi connectivity index (χ2v) is 7.17. The summed E-state index contributed by atoms with van der Waals surface area (Å²) in [4.78, 5) is 3.08. The first-order valence-corrected chi connectivity index (χ1v) is 9.22. The highest BCUT2D eigenvalue weighted by molar-refractivity contribution is 5.91. The number of H-pyrrole nitrogens is 1. The van der Waals surface area contributed by atoms with E-state index in [1.165, 1.54) is 18.2 Å². The number of aromatic amines is 1. The number of aliphatic hydroxyl groups is 3. The lowest BCUT2D eigenvalue weighted by Gasteiger charge is -2.32. The smallest absolute Gasteiger partial charge is 0.181 e. The number of anilines is 1. The molecular formula is C20H25N3O7. The molecule has 0 bridgehead atoms. The summed E-state index contributed by atoms with van der Waals surface area (Å²) in [5.41, 5.74) is 6.15. The fraction of sp³-hybridized carbons (Fsp3) is 0.300. The zero-order valence-electron chi connectivity index (χ0n) is 16.1. The molecule has 10 nitrogen and oxygen atoms in total. The van der Waals surface area contributed by atoms with E-state index in [-0.39, 0.29) is 30.2 Å². The van der Waals surface area contributed by atoms with Crippen LogP contribution in [-0.2, 0) is 6.42 Å². The Morgan fingerprint density at radius 3 is 2.10 bits per heavy atom. The highest BCUT2D eigenvalue weighted by atomic mass is 16.3. The van der Waals surface area contributed by atoms with Crippen LogP contribution in [0.2, 0.25) is 0 Å². The molecule has 3 aromatic rings. The molecule has 11 N–H and O–H groups in total. The Labute approximate surface area is 171 Å². The molecule has 1 heterocycles. The number of rotatable bonds is 8. The molecular weight excluding hydrogens is 394 g/mol. The van der Waals surface area contributed by atoms with Gasteiger partial charge in [-0.05, 0) is 36.7 Å². The van der Waals surface area contributed by atoms with Crippen molar-refractivity contribution < 1.29 is 35.7 Å². The van der Waals surface area contributed by atoms with Gasteiger partial charge in [-0.2, -0.15) is 0 Å². The molecule has 0 saturated carbocycles. The zero-order chi connectivity index (χ0) is 22.1. The van der Waals surface area contributed by atoms with E-state index in [4.69, 9.17) is 5.73 Å². The Bertz CT molecular complexity index is 1010. The van der Waals surface area contributed by atoms with Gasteiger partial charge in [0.05, 0.1) is 25.5 Å². The van der Waals surface area contributed by atoms with Crippen LogP contribution in [0.3, 0.4) is 0 Å². The second kappa shape index (κ2) is 8.28. The Hall–Kier alpha value is -3.18. The van der Waals surface area contributed by atoms with Crippen molar-refractivity contribution in [1.82, 2.24) is 4.98 Å². The predicted octanol–water partition coefficient (Wildman–Crippen LogP) is 0.286. The highest BCUT2D eigenvalue weighted by Gasteiger charge is 2.31. The summed E-state index contributed by atoms with van der Waals surface area (Å²) in [7, 11) is 0. The van der Waals surface area contributed by atoms with Crippen molar-refractivity contribution in [3.05, 3.63) is 29.8 Å². The van der Waals surface area contributed by atoms with Gasteiger partial charge in [0, 0.05) is 28.2 Å². The fourth-order valence-corrected chi connectivity index (χ4v) is 3.31. The van der Waals surface area contributed by atoms with Crippen molar-refractivity contribution in [2.45, 2.75) is 12.0 Å². The maximum atomic E-state index is 10.5. The van der Waals surface area contributed by atoms with Crippen LogP contribution < -0.4 is 11.1 Å². The van der Waals surface area contributed by atoms with Gasteiger partial charge < -0.3 is 51.8 Å². The Kier molecular flexibility index (Phi) is 5.94. The number of phenols is 4. The van der Waals surface area contributed by atoms with E-state index < -0.39 is 36.9 Å². The van der Waals surface area contributed by atoms with E-state index in [1.807, 2.05) is 0 Å². The number of aromatic nitrogens is 1. The van der Waals surface area contributed by atoms with Gasteiger partial charge in [-0.15, -0.1) is 0 Å². The standard InChI is InChI=1S/C20H25N3O7/c21-2-1-11-12(14-3-10-4-15(27)16(28)6-13(10)22-14)5-17(29)19(30)18(11)23-20(7-24,8-25)9-26/h3-6,22-30H,1-2,7-9,21H2. The molecule has 30 heavy (non-hydrogen) atoms. The molecule has 0 spiro atoms. The minimum absolute atomic E-state index is 0.0111. The van der Waals surface area contributed by atoms with E-state index in [2.05, 4.69) is 10.3 Å². The van der Waals surface area contributed by atoms with Gasteiger partial charge in [-0.1, -0.05) is 0 Å². The van der Waals surface area contributed by atoms with Crippen molar-refractivity contribution in [1.29, 1.82) is 0 Å². The highest BCUT2D eigenvalue weighted by Crippen LogP contribution is 2.44. The maximum absolute atomic E-state index is 10.5. The van der Waals surface area contributed by atoms with Crippen molar-refractivity contribution in [2.24, 2.45) is 5.73 Å². The van der Waals surface area contributed by atoms with E-state index >= 15 is 0 Å². The van der Waals surface area contributed by atoms with Crippen LogP contribution in [-0.4, -0.2) is 72.6 Å². The lowest BCUT2D eigenvalue weighted by molar-refractivity contribution is 0.0831. The van der Waals surface area contributed by atoms with E-state index in [0.717, 1.165) is 0 Å². The molecule has 0 aliphatic rings. The topological polar surface area (TPSA) is 195 Å². The summed E-state index contributed by atoms with van der Waals surface area (Å²) < 4.78 is 0. The number of nitrogens with one attached hydrogen (secondary N) is 2. The molecule has 10 heteroatoms. The minimum atomic E-state index is -1.55. The largest absolute Gasteiger partial charge is 0.504 e. The van der Waals surface area contributed by atoms with Crippen LogP contribution in [0.5, 0.6) is 23.0 Å². The molecule has 0 aliphatic carbocycles. The first-order valence-electron chi connectivity index (χ1n) is 9.22. The number of benzene rings is 2. The first kappa shape index (κ1) is 21.5. The fourth-order valence-electron chi connectivity index (χ4n) is 3.31. The lowest BCUT2D eigenvalue weighted by atomic mass is 9.95. The van der Waals surface area contributed by atoms with E-state index in [1.54, 1.807) is 6.07 Å². The maximum Gasteiger partial charge on any atom is 0.181 e. The van der Waals surface area contributed by atoms with Crippen LogP contribution in [0.15, 0.2) is 24.3 Å². The lowest BCUT2D eigenvalue weighted by Crippen LogP contribution is -2.49. The molecule has 0 amide bonds. The summed E-state index contributed by atoms with van der Waals surface area (Å²) in [6.07, 6.45) is 0.246. The number of aromatic hydroxyl groups is 4. The molecule has 2 aromatic carbocycles. The number of hydrogen-bond donors (Lipinski definition) is 10. The van der Waals surface area contributed by atoms with E-state index in [0.29, 0.717) is 27.7 Å². The number of fused-ring (bicyclic) bond motifs is 1. The van der Waals surface area contributed by atoms with Gasteiger partial charge in [0.15, 0.2) is 23.0 Å². The third-order valence-corrected chi connectivity index (χ3v) is 5.09. The molecule has 0 atom stereocenters. The predicted molar refractivity (Wildman–Crippen MR) is 111 cm³/mol. The van der Waals surface area contributed by atoms with Crippen LogP contribution in [0.4, 0.5) is 5.69 Å². The summed E-state index contributed by atoms with van der Waals surface area (Å²) in [6, 6.07) is 5.74. The number of hydrogen-bond acceptors (Lipinski definition) is 9. The Morgan fingerprint density at radius 1 is 0.867 bits per heavy atom. The molecule has 0 radical (unpaired) electrons. The molecule has 0 saturated heterocycles. The van der Waals surface area contributed by atoms with E-state index in [9.17, 15) is 35.7 Å².